The first-order valence-corrected chi connectivity index (χ1v) is 10.1. The first-order chi connectivity index (χ1) is 14.1. The molecule has 1 amide bonds. The van der Waals surface area contributed by atoms with Gasteiger partial charge in [-0.05, 0) is 42.5 Å². The van der Waals surface area contributed by atoms with Gasteiger partial charge in [-0.2, -0.15) is 0 Å². The summed E-state index contributed by atoms with van der Waals surface area (Å²) in [6.07, 6.45) is -4.77. The van der Waals surface area contributed by atoms with Crippen molar-refractivity contribution in [1.82, 2.24) is 14.8 Å². The molecular formula is C18H14BrF3N4O3S. The van der Waals surface area contributed by atoms with E-state index in [0.717, 1.165) is 28.4 Å². The summed E-state index contributed by atoms with van der Waals surface area (Å²) >= 11 is 4.46. The number of ether oxygens (including phenoxy) is 1. The van der Waals surface area contributed by atoms with Crippen molar-refractivity contribution in [2.75, 3.05) is 11.1 Å². The van der Waals surface area contributed by atoms with Gasteiger partial charge in [0.2, 0.25) is 5.91 Å². The molecule has 3 rings (SSSR count). The second kappa shape index (κ2) is 8.96. The summed E-state index contributed by atoms with van der Waals surface area (Å²) < 4.78 is 42.7. The lowest BCUT2D eigenvalue weighted by molar-refractivity contribution is -0.274. The molecule has 0 fully saturated rings. The van der Waals surface area contributed by atoms with Crippen molar-refractivity contribution in [3.63, 3.8) is 0 Å². The molecule has 1 heterocycles. The van der Waals surface area contributed by atoms with E-state index in [1.165, 1.54) is 18.2 Å². The maximum absolute atomic E-state index is 12.2. The minimum Gasteiger partial charge on any atom is -0.507 e. The zero-order valence-electron chi connectivity index (χ0n) is 15.3. The summed E-state index contributed by atoms with van der Waals surface area (Å²) in [5, 5.41) is 21.2. The topological polar surface area (TPSA) is 89.3 Å². The molecule has 0 radical (unpaired) electrons. The number of amides is 1. The molecule has 0 aliphatic heterocycles. The average Bonchev–Trinajstić information content (AvgIpc) is 3.03. The number of halogens is 4. The van der Waals surface area contributed by atoms with Crippen molar-refractivity contribution in [3.05, 3.63) is 46.9 Å². The van der Waals surface area contributed by atoms with Gasteiger partial charge in [-0.3, -0.25) is 4.79 Å². The lowest BCUT2D eigenvalue weighted by Gasteiger charge is -2.10. The smallest absolute Gasteiger partial charge is 0.507 e. The van der Waals surface area contributed by atoms with E-state index in [4.69, 9.17) is 0 Å². The molecule has 3 aromatic rings. The molecule has 0 aliphatic rings. The number of carbonyl (C=O) groups is 1. The number of aromatic nitrogens is 3. The molecule has 158 valence electrons. The second-order valence-electron chi connectivity index (χ2n) is 5.94. The van der Waals surface area contributed by atoms with E-state index in [1.807, 2.05) is 0 Å². The Morgan fingerprint density at radius 1 is 1.23 bits per heavy atom. The highest BCUT2D eigenvalue weighted by molar-refractivity contribution is 9.10. The molecule has 0 bridgehead atoms. The minimum atomic E-state index is -4.77. The van der Waals surface area contributed by atoms with Gasteiger partial charge in [-0.25, -0.2) is 0 Å². The first kappa shape index (κ1) is 22.0. The Morgan fingerprint density at radius 3 is 2.60 bits per heavy atom. The molecule has 0 saturated heterocycles. The third-order valence-electron chi connectivity index (χ3n) is 3.74. The van der Waals surface area contributed by atoms with Gasteiger partial charge in [-0.15, -0.1) is 23.4 Å². The summed E-state index contributed by atoms with van der Waals surface area (Å²) in [6.45, 7) is 0. The minimum absolute atomic E-state index is 0.00274. The molecule has 2 N–H and O–H groups in total. The van der Waals surface area contributed by atoms with E-state index in [1.54, 1.807) is 23.7 Å². The number of thioether (sulfide) groups is 1. The molecule has 0 unspecified atom stereocenters. The largest absolute Gasteiger partial charge is 0.573 e. The number of hydrogen-bond donors (Lipinski definition) is 2. The lowest BCUT2D eigenvalue weighted by Crippen LogP contribution is -2.17. The monoisotopic (exact) mass is 502 g/mol. The average molecular weight is 503 g/mol. The van der Waals surface area contributed by atoms with Crippen LogP contribution in [0.5, 0.6) is 11.5 Å². The number of alkyl halides is 3. The number of nitrogens with one attached hydrogen (secondary N) is 1. The standard InChI is InChI=1S/C18H14BrF3N4O3S/c1-26-16(13-8-10(19)2-7-14(13)27)24-25-17(26)30-9-15(28)23-11-3-5-12(6-4-11)29-18(20,21)22/h2-8,27H,9H2,1H3,(H,23,28). The summed E-state index contributed by atoms with van der Waals surface area (Å²) in [5.41, 5.74) is 0.810. The van der Waals surface area contributed by atoms with Gasteiger partial charge in [0.1, 0.15) is 11.5 Å². The third kappa shape index (κ3) is 5.66. The molecular weight excluding hydrogens is 489 g/mol. The highest BCUT2D eigenvalue weighted by atomic mass is 79.9. The van der Waals surface area contributed by atoms with Gasteiger partial charge < -0.3 is 19.7 Å². The highest BCUT2D eigenvalue weighted by Gasteiger charge is 2.31. The maximum atomic E-state index is 12.2. The Bertz CT molecular complexity index is 1060. The second-order valence-corrected chi connectivity index (χ2v) is 7.79. The number of nitrogens with zero attached hydrogens (tertiary/aromatic N) is 3. The SMILES string of the molecule is Cn1c(SCC(=O)Nc2ccc(OC(F)(F)F)cc2)nnc1-c1cc(Br)ccc1O. The number of anilines is 1. The Labute approximate surface area is 181 Å². The number of hydrogen-bond acceptors (Lipinski definition) is 6. The zero-order chi connectivity index (χ0) is 21.9. The van der Waals surface area contributed by atoms with E-state index < -0.39 is 6.36 Å². The van der Waals surface area contributed by atoms with Crippen LogP contribution in [0.4, 0.5) is 18.9 Å². The van der Waals surface area contributed by atoms with Crippen molar-refractivity contribution in [3.8, 4) is 22.9 Å². The predicted molar refractivity (Wildman–Crippen MR) is 108 cm³/mol. The van der Waals surface area contributed by atoms with Crippen molar-refractivity contribution >= 4 is 39.3 Å². The summed E-state index contributed by atoms with van der Waals surface area (Å²) in [4.78, 5) is 12.1. The molecule has 0 atom stereocenters. The number of benzene rings is 2. The van der Waals surface area contributed by atoms with Crippen LogP contribution in [0.25, 0.3) is 11.4 Å². The zero-order valence-corrected chi connectivity index (χ0v) is 17.7. The van der Waals surface area contributed by atoms with Crippen molar-refractivity contribution in [2.24, 2.45) is 7.05 Å². The summed E-state index contributed by atoms with van der Waals surface area (Å²) in [5.74, 6) is -0.286. The Hall–Kier alpha value is -2.73. The van der Waals surface area contributed by atoms with Crippen LogP contribution in [0.3, 0.4) is 0 Å². The molecule has 1 aromatic heterocycles. The molecule has 12 heteroatoms. The van der Waals surface area contributed by atoms with Gasteiger partial charge >= 0.3 is 6.36 Å². The van der Waals surface area contributed by atoms with Crippen LogP contribution in [-0.4, -0.2) is 37.9 Å². The van der Waals surface area contributed by atoms with E-state index in [-0.39, 0.29) is 23.2 Å². The van der Waals surface area contributed by atoms with Gasteiger partial charge in [0, 0.05) is 17.2 Å². The quantitative estimate of drug-likeness (QED) is 0.479. The van der Waals surface area contributed by atoms with Crippen LogP contribution >= 0.6 is 27.7 Å². The molecule has 0 saturated carbocycles. The third-order valence-corrected chi connectivity index (χ3v) is 5.25. The van der Waals surface area contributed by atoms with Crippen LogP contribution in [0, 0.1) is 0 Å². The van der Waals surface area contributed by atoms with E-state index in [0.29, 0.717) is 22.2 Å². The lowest BCUT2D eigenvalue weighted by atomic mass is 10.2. The van der Waals surface area contributed by atoms with Crippen molar-refractivity contribution in [1.29, 1.82) is 0 Å². The van der Waals surface area contributed by atoms with Crippen LogP contribution in [0.1, 0.15) is 0 Å². The molecule has 2 aromatic carbocycles. The first-order valence-electron chi connectivity index (χ1n) is 8.29. The van der Waals surface area contributed by atoms with Crippen molar-refractivity contribution in [2.45, 2.75) is 11.5 Å². The predicted octanol–water partition coefficient (Wildman–Crippen LogP) is 4.58. The number of phenolic OH excluding ortho intramolecular Hbond substituents is 1. The maximum Gasteiger partial charge on any atom is 0.573 e. The van der Waals surface area contributed by atoms with Crippen molar-refractivity contribution < 1.29 is 27.8 Å². The Balaban J connectivity index is 1.60. The molecule has 0 aliphatic carbocycles. The van der Waals surface area contributed by atoms with Gasteiger partial charge in [-0.1, -0.05) is 27.7 Å². The number of aromatic hydroxyl groups is 1. The van der Waals surface area contributed by atoms with E-state index in [2.05, 4.69) is 36.2 Å². The van der Waals surface area contributed by atoms with Crippen LogP contribution in [-0.2, 0) is 11.8 Å². The fraction of sp³-hybridized carbons (Fsp3) is 0.167. The van der Waals surface area contributed by atoms with E-state index >= 15 is 0 Å². The normalized spacial score (nSPS) is 11.4. The highest BCUT2D eigenvalue weighted by Crippen LogP contribution is 2.32. The number of phenols is 1. The van der Waals surface area contributed by atoms with E-state index in [9.17, 15) is 23.1 Å². The van der Waals surface area contributed by atoms with Gasteiger partial charge in [0.15, 0.2) is 11.0 Å². The fourth-order valence-electron chi connectivity index (χ4n) is 2.43. The Morgan fingerprint density at radius 2 is 1.93 bits per heavy atom. The fourth-order valence-corrected chi connectivity index (χ4v) is 3.50. The summed E-state index contributed by atoms with van der Waals surface area (Å²) in [7, 11) is 1.70. The van der Waals surface area contributed by atoms with Gasteiger partial charge in [0.25, 0.3) is 0 Å². The molecule has 7 nitrogen and oxygen atoms in total. The summed E-state index contributed by atoms with van der Waals surface area (Å²) in [6, 6.07) is 9.74. The number of rotatable bonds is 6. The Kier molecular flexibility index (Phi) is 6.56. The molecule has 0 spiro atoms. The van der Waals surface area contributed by atoms with Gasteiger partial charge in [0.05, 0.1) is 11.3 Å². The number of carbonyl (C=O) groups excluding carboxylic acids is 1. The van der Waals surface area contributed by atoms with Crippen LogP contribution < -0.4 is 10.1 Å². The van der Waals surface area contributed by atoms with Crippen LogP contribution in [0.15, 0.2) is 52.1 Å². The van der Waals surface area contributed by atoms with Crippen LogP contribution in [0.2, 0.25) is 0 Å². The molecule has 30 heavy (non-hydrogen) atoms.